The van der Waals surface area contributed by atoms with E-state index in [0.717, 1.165) is 25.9 Å². The summed E-state index contributed by atoms with van der Waals surface area (Å²) in [4.78, 5) is 15.1. The summed E-state index contributed by atoms with van der Waals surface area (Å²) < 4.78 is 2.05. The lowest BCUT2D eigenvalue weighted by atomic mass is 9.98. The van der Waals surface area contributed by atoms with Crippen LogP contribution in [0.4, 0.5) is 0 Å². The van der Waals surface area contributed by atoms with E-state index in [1.807, 2.05) is 42.7 Å². The fraction of sp³-hybridized carbons (Fsp3) is 0.421. The second-order valence-electron chi connectivity index (χ2n) is 6.37. The Morgan fingerprint density at radius 2 is 1.91 bits per heavy atom. The molecular weight excluding hydrogens is 272 g/mol. The van der Waals surface area contributed by atoms with Crippen LogP contribution in [0.25, 0.3) is 0 Å². The van der Waals surface area contributed by atoms with Crippen molar-refractivity contribution >= 4 is 5.91 Å². The summed E-state index contributed by atoms with van der Waals surface area (Å²) in [5.74, 6) is 0.867. The third-order valence-electron chi connectivity index (χ3n) is 4.51. The molecule has 3 nitrogen and oxygen atoms in total. The van der Waals surface area contributed by atoms with Crippen LogP contribution in [0.1, 0.15) is 31.4 Å². The highest BCUT2D eigenvalue weighted by molar-refractivity contribution is 5.81. The molecule has 22 heavy (non-hydrogen) atoms. The van der Waals surface area contributed by atoms with E-state index in [4.69, 9.17) is 0 Å². The van der Waals surface area contributed by atoms with Gasteiger partial charge in [-0.05, 0) is 36.5 Å². The zero-order valence-electron chi connectivity index (χ0n) is 13.2. The van der Waals surface area contributed by atoms with Crippen molar-refractivity contribution in [2.75, 3.05) is 13.1 Å². The van der Waals surface area contributed by atoms with Gasteiger partial charge in [0.2, 0.25) is 5.91 Å². The zero-order chi connectivity index (χ0) is 15.4. The highest BCUT2D eigenvalue weighted by Gasteiger charge is 2.28. The molecule has 1 fully saturated rings. The van der Waals surface area contributed by atoms with Crippen molar-refractivity contribution in [3.63, 3.8) is 0 Å². The van der Waals surface area contributed by atoms with E-state index in [-0.39, 0.29) is 11.9 Å². The van der Waals surface area contributed by atoms with Crippen LogP contribution in [0.15, 0.2) is 54.9 Å². The van der Waals surface area contributed by atoms with Gasteiger partial charge in [0, 0.05) is 31.9 Å². The van der Waals surface area contributed by atoms with Crippen LogP contribution >= 0.6 is 0 Å². The Bertz CT molecular complexity index is 591. The Morgan fingerprint density at radius 1 is 1.18 bits per heavy atom. The Labute approximate surface area is 132 Å². The van der Waals surface area contributed by atoms with Gasteiger partial charge < -0.3 is 9.47 Å². The smallest absolute Gasteiger partial charge is 0.245 e. The standard InChI is InChI=1S/C19H24N2O/c1-16-8-7-13-21(15-16)19(22)18(20-11-5-6-12-20)14-17-9-3-2-4-10-17/h2-6,9-12,16,18H,7-8,13-15H2,1H3/t16-,18+/m1/s1. The van der Waals surface area contributed by atoms with Crippen molar-refractivity contribution in [3.05, 3.63) is 60.4 Å². The Kier molecular flexibility index (Phi) is 4.62. The maximum atomic E-state index is 13.1. The molecule has 0 unspecified atom stereocenters. The van der Waals surface area contributed by atoms with E-state index in [1.54, 1.807) is 0 Å². The van der Waals surface area contributed by atoms with E-state index in [2.05, 4.69) is 28.5 Å². The topological polar surface area (TPSA) is 25.2 Å². The van der Waals surface area contributed by atoms with Crippen LogP contribution in [-0.2, 0) is 11.2 Å². The van der Waals surface area contributed by atoms with Crippen molar-refractivity contribution in [2.45, 2.75) is 32.2 Å². The van der Waals surface area contributed by atoms with E-state index in [9.17, 15) is 4.79 Å². The number of aromatic nitrogens is 1. The lowest BCUT2D eigenvalue weighted by molar-refractivity contribution is -0.136. The van der Waals surface area contributed by atoms with Crippen molar-refractivity contribution < 1.29 is 4.79 Å². The average Bonchev–Trinajstić information content (AvgIpc) is 3.07. The first-order valence-corrected chi connectivity index (χ1v) is 8.19. The number of hydrogen-bond donors (Lipinski definition) is 0. The van der Waals surface area contributed by atoms with Gasteiger partial charge in [0.1, 0.15) is 6.04 Å². The van der Waals surface area contributed by atoms with Gasteiger partial charge in [0.15, 0.2) is 0 Å². The molecule has 1 aliphatic heterocycles. The second-order valence-corrected chi connectivity index (χ2v) is 6.37. The molecule has 0 saturated carbocycles. The number of likely N-dealkylation sites (tertiary alicyclic amines) is 1. The van der Waals surface area contributed by atoms with E-state index < -0.39 is 0 Å². The fourth-order valence-electron chi connectivity index (χ4n) is 3.31. The predicted octanol–water partition coefficient (Wildman–Crippen LogP) is 3.53. The van der Waals surface area contributed by atoms with Gasteiger partial charge in [-0.25, -0.2) is 0 Å². The maximum absolute atomic E-state index is 13.1. The first-order chi connectivity index (χ1) is 10.7. The molecule has 1 amide bonds. The number of benzene rings is 1. The highest BCUT2D eigenvalue weighted by Crippen LogP contribution is 2.22. The Balaban J connectivity index is 1.80. The maximum Gasteiger partial charge on any atom is 0.245 e. The molecule has 1 aliphatic rings. The minimum atomic E-state index is -0.136. The molecule has 3 heteroatoms. The molecule has 1 saturated heterocycles. The van der Waals surface area contributed by atoms with Gasteiger partial charge in [0.05, 0.1) is 0 Å². The normalized spacial score (nSPS) is 19.9. The van der Waals surface area contributed by atoms with Gasteiger partial charge in [-0.3, -0.25) is 4.79 Å². The summed E-state index contributed by atoms with van der Waals surface area (Å²) in [6, 6.07) is 14.1. The summed E-state index contributed by atoms with van der Waals surface area (Å²) in [7, 11) is 0. The van der Waals surface area contributed by atoms with Crippen LogP contribution < -0.4 is 0 Å². The molecule has 2 heterocycles. The molecule has 0 bridgehead atoms. The van der Waals surface area contributed by atoms with Crippen molar-refractivity contribution in [1.29, 1.82) is 0 Å². The molecular formula is C19H24N2O. The van der Waals surface area contributed by atoms with Crippen LogP contribution in [0.2, 0.25) is 0 Å². The summed E-state index contributed by atoms with van der Waals surface area (Å²) in [6.45, 7) is 4.03. The molecule has 0 radical (unpaired) electrons. The second kappa shape index (κ2) is 6.82. The first-order valence-electron chi connectivity index (χ1n) is 8.19. The molecule has 3 rings (SSSR count). The molecule has 0 aliphatic carbocycles. The largest absolute Gasteiger partial charge is 0.342 e. The van der Waals surface area contributed by atoms with Gasteiger partial charge in [-0.2, -0.15) is 0 Å². The molecule has 2 atom stereocenters. The number of piperidine rings is 1. The molecule has 0 spiro atoms. The third kappa shape index (κ3) is 3.41. The Hall–Kier alpha value is -2.03. The van der Waals surface area contributed by atoms with E-state index >= 15 is 0 Å². The highest BCUT2D eigenvalue weighted by atomic mass is 16.2. The van der Waals surface area contributed by atoms with Crippen molar-refractivity contribution in [1.82, 2.24) is 9.47 Å². The SMILES string of the molecule is C[C@@H]1CCCN(C(=O)[C@H](Cc2ccccc2)n2cccc2)C1. The van der Waals surface area contributed by atoms with Crippen LogP contribution in [0.5, 0.6) is 0 Å². The van der Waals surface area contributed by atoms with Crippen molar-refractivity contribution in [3.8, 4) is 0 Å². The average molecular weight is 296 g/mol. The quantitative estimate of drug-likeness (QED) is 0.847. The Morgan fingerprint density at radius 3 is 2.59 bits per heavy atom. The van der Waals surface area contributed by atoms with E-state index in [0.29, 0.717) is 5.92 Å². The number of nitrogens with zero attached hydrogens (tertiary/aromatic N) is 2. The van der Waals surface area contributed by atoms with Crippen molar-refractivity contribution in [2.24, 2.45) is 5.92 Å². The summed E-state index contributed by atoms with van der Waals surface area (Å²) >= 11 is 0. The van der Waals surface area contributed by atoms with Gasteiger partial charge >= 0.3 is 0 Å². The lowest BCUT2D eigenvalue weighted by Gasteiger charge is -2.34. The zero-order valence-corrected chi connectivity index (χ0v) is 13.2. The van der Waals surface area contributed by atoms with Gasteiger partial charge in [-0.1, -0.05) is 37.3 Å². The van der Waals surface area contributed by atoms with Crippen LogP contribution in [-0.4, -0.2) is 28.5 Å². The number of carbonyl (C=O) groups is 1. The molecule has 116 valence electrons. The summed E-state index contributed by atoms with van der Waals surface area (Å²) in [5, 5.41) is 0. The van der Waals surface area contributed by atoms with Gasteiger partial charge in [-0.15, -0.1) is 0 Å². The van der Waals surface area contributed by atoms with E-state index in [1.165, 1.54) is 12.0 Å². The van der Waals surface area contributed by atoms with Gasteiger partial charge in [0.25, 0.3) is 0 Å². The number of hydrogen-bond acceptors (Lipinski definition) is 1. The fourth-order valence-corrected chi connectivity index (χ4v) is 3.31. The van der Waals surface area contributed by atoms with Crippen LogP contribution in [0.3, 0.4) is 0 Å². The number of rotatable bonds is 4. The lowest BCUT2D eigenvalue weighted by Crippen LogP contribution is -2.43. The molecule has 1 aromatic carbocycles. The summed E-state index contributed by atoms with van der Waals surface area (Å²) in [6.07, 6.45) is 7.10. The monoisotopic (exact) mass is 296 g/mol. The number of carbonyl (C=O) groups excluding carboxylic acids is 1. The predicted molar refractivity (Wildman–Crippen MR) is 88.6 cm³/mol. The molecule has 2 aromatic rings. The first kappa shape index (κ1) is 14.9. The number of amides is 1. The minimum absolute atomic E-state index is 0.136. The minimum Gasteiger partial charge on any atom is -0.342 e. The molecule has 1 aromatic heterocycles. The van der Waals surface area contributed by atoms with Crippen LogP contribution in [0, 0.1) is 5.92 Å². The summed E-state index contributed by atoms with van der Waals surface area (Å²) in [5.41, 5.74) is 1.21. The molecule has 0 N–H and O–H groups in total. The third-order valence-corrected chi connectivity index (χ3v) is 4.51.